The molecule has 3 atom stereocenters. The first-order chi connectivity index (χ1) is 6.13. The van der Waals surface area contributed by atoms with Gasteiger partial charge in [-0.25, -0.2) is 0 Å². The first-order valence-corrected chi connectivity index (χ1v) is 5.14. The van der Waals surface area contributed by atoms with E-state index in [9.17, 15) is 0 Å². The minimum atomic E-state index is 0.269. The van der Waals surface area contributed by atoms with Crippen LogP contribution in [0, 0.1) is 5.92 Å². The lowest BCUT2D eigenvalue weighted by Crippen LogP contribution is -2.47. The van der Waals surface area contributed by atoms with Crippen molar-refractivity contribution in [3.05, 3.63) is 0 Å². The third-order valence-electron chi connectivity index (χ3n) is 2.82. The Hall–Kier alpha value is -0.120. The second-order valence-electron chi connectivity index (χ2n) is 4.28. The predicted molar refractivity (Wildman–Crippen MR) is 54.7 cm³/mol. The molecule has 1 rings (SSSR count). The summed E-state index contributed by atoms with van der Waals surface area (Å²) in [5.74, 6) is 0.689. The van der Waals surface area contributed by atoms with Crippen LogP contribution >= 0.6 is 0 Å². The second-order valence-corrected chi connectivity index (χ2v) is 4.28. The van der Waals surface area contributed by atoms with E-state index in [1.807, 2.05) is 0 Å². The smallest absolute Gasteiger partial charge is 0.0724 e. The van der Waals surface area contributed by atoms with Crippen LogP contribution in [0.5, 0.6) is 0 Å². The maximum atomic E-state index is 5.76. The van der Waals surface area contributed by atoms with Crippen molar-refractivity contribution in [1.29, 1.82) is 0 Å². The van der Waals surface area contributed by atoms with Crippen LogP contribution in [-0.4, -0.2) is 43.8 Å². The van der Waals surface area contributed by atoms with Gasteiger partial charge in [-0.05, 0) is 25.8 Å². The number of piperidine rings is 1. The molecule has 0 aliphatic carbocycles. The molecule has 3 heteroatoms. The molecule has 0 spiro atoms. The third kappa shape index (κ3) is 3.25. The molecular weight excluding hydrogens is 164 g/mol. The van der Waals surface area contributed by atoms with E-state index in [1.165, 1.54) is 13.0 Å². The lowest BCUT2D eigenvalue weighted by Gasteiger charge is -2.36. The Morgan fingerprint density at radius 2 is 2.31 bits per heavy atom. The molecule has 0 aromatic carbocycles. The summed E-state index contributed by atoms with van der Waals surface area (Å²) >= 11 is 0. The van der Waals surface area contributed by atoms with E-state index in [0.717, 1.165) is 13.1 Å². The largest absolute Gasteiger partial charge is 0.380 e. The molecule has 1 fully saturated rings. The first kappa shape index (κ1) is 11.0. The Morgan fingerprint density at radius 1 is 1.62 bits per heavy atom. The average molecular weight is 186 g/mol. The van der Waals surface area contributed by atoms with Gasteiger partial charge in [-0.15, -0.1) is 0 Å². The number of likely N-dealkylation sites (tertiary alicyclic amines) is 1. The molecule has 2 unspecified atom stereocenters. The van der Waals surface area contributed by atoms with E-state index < -0.39 is 0 Å². The first-order valence-electron chi connectivity index (χ1n) is 5.14. The molecule has 0 aromatic heterocycles. The Bertz CT molecular complexity index is 150. The fourth-order valence-electron chi connectivity index (χ4n) is 1.98. The van der Waals surface area contributed by atoms with Gasteiger partial charge >= 0.3 is 0 Å². The average Bonchev–Trinajstić information content (AvgIpc) is 2.07. The van der Waals surface area contributed by atoms with Gasteiger partial charge in [-0.3, -0.25) is 4.90 Å². The molecule has 0 saturated carbocycles. The van der Waals surface area contributed by atoms with Crippen LogP contribution in [0.3, 0.4) is 0 Å². The molecule has 1 aliphatic heterocycles. The van der Waals surface area contributed by atoms with Gasteiger partial charge in [-0.1, -0.05) is 6.92 Å². The highest BCUT2D eigenvalue weighted by Gasteiger charge is 2.25. The van der Waals surface area contributed by atoms with Crippen molar-refractivity contribution in [2.24, 2.45) is 11.7 Å². The van der Waals surface area contributed by atoms with Crippen molar-refractivity contribution < 1.29 is 4.74 Å². The Morgan fingerprint density at radius 3 is 2.85 bits per heavy atom. The number of nitrogens with zero attached hydrogens (tertiary/aromatic N) is 1. The van der Waals surface area contributed by atoms with E-state index >= 15 is 0 Å². The number of nitrogens with two attached hydrogens (primary N) is 1. The molecule has 78 valence electrons. The number of ether oxygens (including phenoxy) is 1. The van der Waals surface area contributed by atoms with Gasteiger partial charge in [0.2, 0.25) is 0 Å². The third-order valence-corrected chi connectivity index (χ3v) is 2.82. The Labute approximate surface area is 81.2 Å². The summed E-state index contributed by atoms with van der Waals surface area (Å²) in [5, 5.41) is 0. The van der Waals surface area contributed by atoms with Crippen LogP contribution in [0.25, 0.3) is 0 Å². The van der Waals surface area contributed by atoms with Gasteiger partial charge in [0.1, 0.15) is 0 Å². The van der Waals surface area contributed by atoms with Crippen molar-refractivity contribution >= 4 is 0 Å². The molecule has 13 heavy (non-hydrogen) atoms. The number of hydrogen-bond acceptors (Lipinski definition) is 3. The summed E-state index contributed by atoms with van der Waals surface area (Å²) in [6.45, 7) is 7.52. The van der Waals surface area contributed by atoms with Crippen molar-refractivity contribution in [2.45, 2.75) is 32.4 Å². The van der Waals surface area contributed by atoms with Crippen molar-refractivity contribution in [1.82, 2.24) is 4.90 Å². The zero-order valence-corrected chi connectivity index (χ0v) is 8.99. The van der Waals surface area contributed by atoms with Gasteiger partial charge in [0.05, 0.1) is 6.10 Å². The molecule has 1 aliphatic rings. The fourth-order valence-corrected chi connectivity index (χ4v) is 1.98. The van der Waals surface area contributed by atoms with Gasteiger partial charge in [0, 0.05) is 26.2 Å². The quantitative estimate of drug-likeness (QED) is 0.705. The summed E-state index contributed by atoms with van der Waals surface area (Å²) in [6, 6.07) is 0.269. The zero-order chi connectivity index (χ0) is 9.84. The Kier molecular flexibility index (Phi) is 4.16. The van der Waals surface area contributed by atoms with Gasteiger partial charge in [0.15, 0.2) is 0 Å². The Balaban J connectivity index is 2.36. The zero-order valence-electron chi connectivity index (χ0n) is 8.99. The minimum absolute atomic E-state index is 0.269. The molecule has 0 radical (unpaired) electrons. The summed E-state index contributed by atoms with van der Waals surface area (Å²) in [5.41, 5.74) is 5.76. The summed E-state index contributed by atoms with van der Waals surface area (Å²) in [6.07, 6.45) is 1.62. The molecule has 0 bridgehead atoms. The summed E-state index contributed by atoms with van der Waals surface area (Å²) in [7, 11) is 1.80. The molecule has 2 N–H and O–H groups in total. The SMILES string of the molecule is COC1CN(C[C@H](C)N)CCC1C. The molecular formula is C10H22N2O. The van der Waals surface area contributed by atoms with Gasteiger partial charge < -0.3 is 10.5 Å². The van der Waals surface area contributed by atoms with E-state index in [1.54, 1.807) is 7.11 Å². The highest BCUT2D eigenvalue weighted by atomic mass is 16.5. The highest BCUT2D eigenvalue weighted by molar-refractivity contribution is 4.79. The monoisotopic (exact) mass is 186 g/mol. The lowest BCUT2D eigenvalue weighted by molar-refractivity contribution is -0.00592. The summed E-state index contributed by atoms with van der Waals surface area (Å²) in [4.78, 5) is 2.40. The normalized spacial score (nSPS) is 33.2. The second kappa shape index (κ2) is 4.94. The number of hydrogen-bond donors (Lipinski definition) is 1. The van der Waals surface area contributed by atoms with Crippen LogP contribution < -0.4 is 5.73 Å². The van der Waals surface area contributed by atoms with Gasteiger partial charge in [-0.2, -0.15) is 0 Å². The van der Waals surface area contributed by atoms with E-state index in [0.29, 0.717) is 12.0 Å². The van der Waals surface area contributed by atoms with E-state index in [2.05, 4.69) is 18.7 Å². The van der Waals surface area contributed by atoms with Crippen molar-refractivity contribution in [3.63, 3.8) is 0 Å². The molecule has 0 aromatic rings. The molecule has 3 nitrogen and oxygen atoms in total. The van der Waals surface area contributed by atoms with Gasteiger partial charge in [0.25, 0.3) is 0 Å². The number of methoxy groups -OCH3 is 1. The topological polar surface area (TPSA) is 38.5 Å². The number of rotatable bonds is 3. The molecule has 1 heterocycles. The highest BCUT2D eigenvalue weighted by Crippen LogP contribution is 2.19. The standard InChI is InChI=1S/C10H22N2O/c1-8-4-5-12(6-9(2)11)7-10(8)13-3/h8-10H,4-7,11H2,1-3H3/t8?,9-,10?/m0/s1. The maximum absolute atomic E-state index is 5.76. The summed E-state index contributed by atoms with van der Waals surface area (Å²) < 4.78 is 5.43. The lowest BCUT2D eigenvalue weighted by atomic mass is 9.95. The van der Waals surface area contributed by atoms with Crippen LogP contribution in [-0.2, 0) is 4.74 Å². The van der Waals surface area contributed by atoms with Crippen LogP contribution in [0.2, 0.25) is 0 Å². The van der Waals surface area contributed by atoms with E-state index in [4.69, 9.17) is 10.5 Å². The van der Waals surface area contributed by atoms with Crippen molar-refractivity contribution in [2.75, 3.05) is 26.7 Å². The van der Waals surface area contributed by atoms with Crippen LogP contribution in [0.15, 0.2) is 0 Å². The molecule has 0 amide bonds. The van der Waals surface area contributed by atoms with E-state index in [-0.39, 0.29) is 6.04 Å². The molecule has 1 saturated heterocycles. The fraction of sp³-hybridized carbons (Fsp3) is 1.00. The van der Waals surface area contributed by atoms with Crippen LogP contribution in [0.1, 0.15) is 20.3 Å². The van der Waals surface area contributed by atoms with Crippen LogP contribution in [0.4, 0.5) is 0 Å². The minimum Gasteiger partial charge on any atom is -0.380 e. The van der Waals surface area contributed by atoms with Crippen molar-refractivity contribution in [3.8, 4) is 0 Å². The predicted octanol–water partition coefficient (Wildman–Crippen LogP) is 0.690. The maximum Gasteiger partial charge on any atom is 0.0724 e.